The highest BCUT2D eigenvalue weighted by Gasteiger charge is 2.05. The molecule has 0 fully saturated rings. The van der Waals surface area contributed by atoms with Crippen molar-refractivity contribution in [2.24, 2.45) is 0 Å². The number of thiol groups is 1. The van der Waals surface area contributed by atoms with Gasteiger partial charge in [0.05, 0.1) is 17.6 Å². The van der Waals surface area contributed by atoms with Gasteiger partial charge in [-0.25, -0.2) is 13.2 Å². The maximum absolute atomic E-state index is 11.3. The van der Waals surface area contributed by atoms with Crippen molar-refractivity contribution >= 4 is 16.7 Å². The predicted molar refractivity (Wildman–Crippen MR) is 71.8 cm³/mol. The molecule has 0 saturated carbocycles. The first kappa shape index (κ1) is 13.3. The largest absolute Gasteiger partial charge is 0.465 e. The molecule has 0 heterocycles. The van der Waals surface area contributed by atoms with E-state index in [1.165, 1.54) is 7.11 Å². The van der Waals surface area contributed by atoms with Crippen molar-refractivity contribution in [3.63, 3.8) is 0 Å². The number of hydrogen-bond acceptors (Lipinski definition) is 4. The highest BCUT2D eigenvalue weighted by atomic mass is 32.2. The molecule has 5 heteroatoms. The van der Waals surface area contributed by atoms with Gasteiger partial charge >= 0.3 is 5.97 Å². The van der Waals surface area contributed by atoms with Crippen LogP contribution in [-0.2, 0) is 15.4 Å². The van der Waals surface area contributed by atoms with E-state index in [1.807, 2.05) is 0 Å². The standard InChI is InChI=1S/C14H12O4S/c1-18-14(15)12-4-2-10(3-5-12)11-6-8-13(9-7-11)19(16)17/h2-9,19H,1H3. The third-order valence-electron chi connectivity index (χ3n) is 2.72. The fourth-order valence-corrected chi connectivity index (χ4v) is 2.08. The number of hydrogen-bond donors (Lipinski definition) is 1. The van der Waals surface area contributed by atoms with Gasteiger partial charge in [-0.05, 0) is 35.4 Å². The van der Waals surface area contributed by atoms with Gasteiger partial charge in [-0.2, -0.15) is 0 Å². The van der Waals surface area contributed by atoms with E-state index in [-0.39, 0.29) is 10.9 Å². The molecule has 0 aliphatic carbocycles. The van der Waals surface area contributed by atoms with Crippen LogP contribution in [-0.4, -0.2) is 21.5 Å². The lowest BCUT2D eigenvalue weighted by molar-refractivity contribution is 0.0601. The molecule has 0 unspecified atom stereocenters. The van der Waals surface area contributed by atoms with Crippen LogP contribution in [0.1, 0.15) is 10.4 Å². The minimum Gasteiger partial charge on any atom is -0.465 e. The van der Waals surface area contributed by atoms with Crippen molar-refractivity contribution in [2.75, 3.05) is 7.11 Å². The second kappa shape index (κ2) is 5.67. The number of esters is 1. The Morgan fingerprint density at radius 3 is 1.79 bits per heavy atom. The lowest BCUT2D eigenvalue weighted by Gasteiger charge is -2.03. The molecule has 0 aromatic heterocycles. The average Bonchev–Trinajstić information content (AvgIpc) is 2.46. The molecule has 0 radical (unpaired) electrons. The Labute approximate surface area is 112 Å². The smallest absolute Gasteiger partial charge is 0.337 e. The third kappa shape index (κ3) is 3.00. The number of ether oxygens (including phenoxy) is 1. The lowest BCUT2D eigenvalue weighted by Crippen LogP contribution is -2.00. The molecule has 98 valence electrons. The van der Waals surface area contributed by atoms with Crippen molar-refractivity contribution in [1.29, 1.82) is 0 Å². The third-order valence-corrected chi connectivity index (χ3v) is 3.44. The maximum atomic E-state index is 11.3. The molecular weight excluding hydrogens is 264 g/mol. The highest BCUT2D eigenvalue weighted by molar-refractivity contribution is 7.72. The molecule has 4 nitrogen and oxygen atoms in total. The Bertz CT molecular complexity index is 647. The SMILES string of the molecule is COC(=O)c1ccc(-c2ccc([SH](=O)=O)cc2)cc1. The summed E-state index contributed by atoms with van der Waals surface area (Å²) < 4.78 is 26.2. The normalized spacial score (nSPS) is 10.4. The molecule has 19 heavy (non-hydrogen) atoms. The Kier molecular flexibility index (Phi) is 3.97. The Balaban J connectivity index is 2.29. The number of carbonyl (C=O) groups is 1. The Morgan fingerprint density at radius 2 is 1.37 bits per heavy atom. The maximum Gasteiger partial charge on any atom is 0.337 e. The molecule has 2 aromatic carbocycles. The van der Waals surface area contributed by atoms with Gasteiger partial charge < -0.3 is 4.74 Å². The summed E-state index contributed by atoms with van der Waals surface area (Å²) in [7, 11) is -1.22. The van der Waals surface area contributed by atoms with Crippen LogP contribution in [0.2, 0.25) is 0 Å². The first-order chi connectivity index (χ1) is 9.11. The van der Waals surface area contributed by atoms with Gasteiger partial charge in [0.2, 0.25) is 0 Å². The summed E-state index contributed by atoms with van der Waals surface area (Å²) in [5, 5.41) is 0. The molecule has 0 atom stereocenters. The average molecular weight is 276 g/mol. The van der Waals surface area contributed by atoms with Crippen molar-refractivity contribution in [1.82, 2.24) is 0 Å². The Hall–Kier alpha value is -2.14. The summed E-state index contributed by atoms with van der Waals surface area (Å²) in [4.78, 5) is 11.6. The van der Waals surface area contributed by atoms with Gasteiger partial charge in [-0.3, -0.25) is 0 Å². The van der Waals surface area contributed by atoms with Gasteiger partial charge in [0.1, 0.15) is 0 Å². The van der Waals surface area contributed by atoms with Crippen LogP contribution >= 0.6 is 0 Å². The van der Waals surface area contributed by atoms with Gasteiger partial charge in [0, 0.05) is 0 Å². The molecule has 0 aliphatic heterocycles. The molecule has 0 bridgehead atoms. The summed E-state index contributed by atoms with van der Waals surface area (Å²) >= 11 is 0. The summed E-state index contributed by atoms with van der Waals surface area (Å²) in [6, 6.07) is 13.5. The second-order valence-corrected chi connectivity index (χ2v) is 4.90. The number of methoxy groups -OCH3 is 1. The zero-order valence-corrected chi connectivity index (χ0v) is 11.1. The summed E-state index contributed by atoms with van der Waals surface area (Å²) in [5.41, 5.74) is 2.27. The van der Waals surface area contributed by atoms with Crippen LogP contribution < -0.4 is 0 Å². The zero-order chi connectivity index (χ0) is 13.8. The van der Waals surface area contributed by atoms with E-state index in [9.17, 15) is 13.2 Å². The van der Waals surface area contributed by atoms with Gasteiger partial charge in [-0.15, -0.1) is 0 Å². The van der Waals surface area contributed by atoms with Crippen molar-refractivity contribution in [3.05, 3.63) is 54.1 Å². The van der Waals surface area contributed by atoms with E-state index in [0.717, 1.165) is 11.1 Å². The van der Waals surface area contributed by atoms with Crippen LogP contribution in [0.3, 0.4) is 0 Å². The van der Waals surface area contributed by atoms with Crippen molar-refractivity contribution in [3.8, 4) is 11.1 Å². The summed E-state index contributed by atoms with van der Waals surface area (Å²) in [5.74, 6) is -0.384. The first-order valence-corrected chi connectivity index (χ1v) is 6.73. The minimum absolute atomic E-state index is 0.282. The van der Waals surface area contributed by atoms with E-state index in [4.69, 9.17) is 0 Å². The first-order valence-electron chi connectivity index (χ1n) is 5.55. The van der Waals surface area contributed by atoms with Crippen LogP contribution in [0.5, 0.6) is 0 Å². The molecule has 0 amide bonds. The lowest BCUT2D eigenvalue weighted by atomic mass is 10.0. The molecular formula is C14H12O4S. The monoisotopic (exact) mass is 276 g/mol. The molecule has 2 aromatic rings. The van der Waals surface area contributed by atoms with Gasteiger partial charge in [0.25, 0.3) is 0 Å². The molecule has 2 rings (SSSR count). The number of rotatable bonds is 3. The van der Waals surface area contributed by atoms with Crippen molar-refractivity contribution in [2.45, 2.75) is 4.90 Å². The quantitative estimate of drug-likeness (QED) is 0.689. The van der Waals surface area contributed by atoms with Crippen LogP contribution in [0.15, 0.2) is 53.4 Å². The van der Waals surface area contributed by atoms with E-state index in [1.54, 1.807) is 48.5 Å². The predicted octanol–water partition coefficient (Wildman–Crippen LogP) is 2.11. The summed E-state index contributed by atoms with van der Waals surface area (Å²) in [6.45, 7) is 0. The van der Waals surface area contributed by atoms with Crippen LogP contribution in [0, 0.1) is 0 Å². The Morgan fingerprint density at radius 1 is 0.895 bits per heavy atom. The van der Waals surface area contributed by atoms with Gasteiger partial charge in [0.15, 0.2) is 10.7 Å². The fraction of sp³-hybridized carbons (Fsp3) is 0.0714. The van der Waals surface area contributed by atoms with Crippen LogP contribution in [0.4, 0.5) is 0 Å². The molecule has 0 N–H and O–H groups in total. The van der Waals surface area contributed by atoms with Crippen molar-refractivity contribution < 1.29 is 17.9 Å². The fourth-order valence-electron chi connectivity index (χ4n) is 1.69. The topological polar surface area (TPSA) is 60.4 Å². The van der Waals surface area contributed by atoms with E-state index >= 15 is 0 Å². The number of carbonyl (C=O) groups excluding carboxylic acids is 1. The van der Waals surface area contributed by atoms with E-state index in [2.05, 4.69) is 4.74 Å². The highest BCUT2D eigenvalue weighted by Crippen LogP contribution is 2.21. The van der Waals surface area contributed by atoms with Gasteiger partial charge in [-0.1, -0.05) is 24.3 Å². The second-order valence-electron chi connectivity index (χ2n) is 3.87. The van der Waals surface area contributed by atoms with E-state index < -0.39 is 10.7 Å². The van der Waals surface area contributed by atoms with E-state index in [0.29, 0.717) is 5.56 Å². The van der Waals surface area contributed by atoms with Crippen LogP contribution in [0.25, 0.3) is 11.1 Å². The minimum atomic E-state index is -2.55. The number of benzene rings is 2. The molecule has 0 saturated heterocycles. The summed E-state index contributed by atoms with van der Waals surface area (Å²) in [6.07, 6.45) is 0. The molecule has 0 spiro atoms. The molecule has 0 aliphatic rings. The zero-order valence-electron chi connectivity index (χ0n) is 10.2.